The minimum atomic E-state index is -3.59. The first-order valence-corrected chi connectivity index (χ1v) is 7.70. The zero-order valence-corrected chi connectivity index (χ0v) is 11.3. The van der Waals surface area contributed by atoms with E-state index < -0.39 is 10.0 Å². The average Bonchev–Trinajstić information content (AvgIpc) is 2.72. The molecule has 3 N–H and O–H groups in total. The number of aromatic amines is 1. The smallest absolute Gasteiger partial charge is 0.244 e. The summed E-state index contributed by atoms with van der Waals surface area (Å²) in [6.07, 6.45) is 5.05. The lowest BCUT2D eigenvalue weighted by Gasteiger charge is -2.22. The molecule has 1 fully saturated rings. The van der Waals surface area contributed by atoms with Gasteiger partial charge in [-0.25, -0.2) is 13.1 Å². The Bertz CT molecular complexity index is 504. The molecule has 1 aromatic rings. The number of hydrogen-bond donors (Lipinski definition) is 3. The number of hydrogen-bond acceptors (Lipinski definition) is 4. The van der Waals surface area contributed by atoms with E-state index in [0.717, 1.165) is 25.7 Å². The summed E-state index contributed by atoms with van der Waals surface area (Å²) in [5.74, 6) is 0. The highest BCUT2D eigenvalue weighted by molar-refractivity contribution is 7.89. The Kier molecular flexibility index (Phi) is 4.04. The third kappa shape index (κ3) is 2.73. The number of aliphatic hydroxyl groups excluding tert-OH is 1. The van der Waals surface area contributed by atoms with Crippen LogP contribution in [0.1, 0.15) is 43.5 Å². The van der Waals surface area contributed by atoms with E-state index in [9.17, 15) is 8.42 Å². The monoisotopic (exact) mass is 273 g/mol. The van der Waals surface area contributed by atoms with Gasteiger partial charge in [0.15, 0.2) is 0 Å². The molecule has 1 heterocycles. The van der Waals surface area contributed by atoms with E-state index in [-0.39, 0.29) is 23.2 Å². The van der Waals surface area contributed by atoms with Crippen molar-refractivity contribution < 1.29 is 13.5 Å². The molecule has 18 heavy (non-hydrogen) atoms. The Morgan fingerprint density at radius 2 is 2.06 bits per heavy atom. The maximum absolute atomic E-state index is 12.3. The van der Waals surface area contributed by atoms with Crippen LogP contribution in [0.25, 0.3) is 0 Å². The maximum atomic E-state index is 12.3. The number of sulfonamides is 1. The number of aryl methyl sites for hydroxylation is 1. The van der Waals surface area contributed by atoms with Crippen molar-refractivity contribution in [3.63, 3.8) is 0 Å². The van der Waals surface area contributed by atoms with Gasteiger partial charge in [0, 0.05) is 6.04 Å². The van der Waals surface area contributed by atoms with Crippen LogP contribution in [-0.2, 0) is 16.6 Å². The summed E-state index contributed by atoms with van der Waals surface area (Å²) in [4.78, 5) is 0.0931. The predicted octanol–water partition coefficient (Wildman–Crippen LogP) is 0.821. The fourth-order valence-electron chi connectivity index (χ4n) is 2.43. The standard InChI is InChI=1S/C11H19N3O3S/c1-8-11(10(7-15)13-12-8)18(16,17)14-9-5-3-2-4-6-9/h9,14-15H,2-7H2,1H3,(H,12,13). The second kappa shape index (κ2) is 5.38. The van der Waals surface area contributed by atoms with Crippen molar-refractivity contribution in [1.29, 1.82) is 0 Å². The van der Waals surface area contributed by atoms with Crippen LogP contribution in [0.15, 0.2) is 4.90 Å². The Morgan fingerprint density at radius 1 is 1.39 bits per heavy atom. The molecule has 1 saturated carbocycles. The summed E-state index contributed by atoms with van der Waals surface area (Å²) < 4.78 is 27.3. The molecule has 2 rings (SSSR count). The molecular weight excluding hydrogens is 254 g/mol. The first-order chi connectivity index (χ1) is 8.54. The van der Waals surface area contributed by atoms with Gasteiger partial charge in [0.05, 0.1) is 12.3 Å². The molecule has 1 aliphatic rings. The third-order valence-electron chi connectivity index (χ3n) is 3.31. The predicted molar refractivity (Wildman–Crippen MR) is 66.4 cm³/mol. The molecule has 1 aliphatic carbocycles. The maximum Gasteiger partial charge on any atom is 0.244 e. The topological polar surface area (TPSA) is 95.1 Å². The molecule has 0 saturated heterocycles. The number of nitrogens with one attached hydrogen (secondary N) is 2. The number of aromatic nitrogens is 2. The van der Waals surface area contributed by atoms with Crippen molar-refractivity contribution in [3.05, 3.63) is 11.4 Å². The quantitative estimate of drug-likeness (QED) is 0.757. The van der Waals surface area contributed by atoms with Gasteiger partial charge in [0.2, 0.25) is 10.0 Å². The molecule has 0 radical (unpaired) electrons. The summed E-state index contributed by atoms with van der Waals surface area (Å²) in [6.45, 7) is 1.26. The van der Waals surface area contributed by atoms with Gasteiger partial charge < -0.3 is 5.11 Å². The zero-order valence-electron chi connectivity index (χ0n) is 10.4. The summed E-state index contributed by atoms with van der Waals surface area (Å²) >= 11 is 0. The molecular formula is C11H19N3O3S. The summed E-state index contributed by atoms with van der Waals surface area (Å²) in [6, 6.07) is 0.00425. The highest BCUT2D eigenvalue weighted by Crippen LogP contribution is 2.22. The van der Waals surface area contributed by atoms with Gasteiger partial charge >= 0.3 is 0 Å². The Hall–Kier alpha value is -0.920. The number of nitrogens with zero attached hydrogens (tertiary/aromatic N) is 1. The minimum absolute atomic E-state index is 0.00425. The highest BCUT2D eigenvalue weighted by Gasteiger charge is 2.27. The van der Waals surface area contributed by atoms with E-state index in [4.69, 9.17) is 5.11 Å². The van der Waals surface area contributed by atoms with Crippen molar-refractivity contribution >= 4 is 10.0 Å². The average molecular weight is 273 g/mol. The van der Waals surface area contributed by atoms with Gasteiger partial charge in [-0.15, -0.1) is 0 Å². The fourth-order valence-corrected chi connectivity index (χ4v) is 4.09. The molecule has 1 aromatic heterocycles. The highest BCUT2D eigenvalue weighted by atomic mass is 32.2. The SMILES string of the molecule is Cc1[nH]nc(CO)c1S(=O)(=O)NC1CCCCC1. The van der Waals surface area contributed by atoms with E-state index in [0.29, 0.717) is 5.69 Å². The van der Waals surface area contributed by atoms with E-state index in [2.05, 4.69) is 14.9 Å². The molecule has 0 spiro atoms. The molecule has 0 atom stereocenters. The van der Waals surface area contributed by atoms with Gasteiger partial charge in [-0.2, -0.15) is 5.10 Å². The van der Waals surface area contributed by atoms with Crippen LogP contribution < -0.4 is 4.72 Å². The van der Waals surface area contributed by atoms with Crippen molar-refractivity contribution in [3.8, 4) is 0 Å². The van der Waals surface area contributed by atoms with Crippen LogP contribution in [-0.4, -0.2) is 29.8 Å². The van der Waals surface area contributed by atoms with Crippen LogP contribution >= 0.6 is 0 Å². The van der Waals surface area contributed by atoms with Gasteiger partial charge in [-0.05, 0) is 19.8 Å². The fraction of sp³-hybridized carbons (Fsp3) is 0.727. The van der Waals surface area contributed by atoms with E-state index in [1.807, 2.05) is 0 Å². The zero-order chi connectivity index (χ0) is 13.2. The largest absolute Gasteiger partial charge is 0.390 e. The lowest BCUT2D eigenvalue weighted by Crippen LogP contribution is -2.36. The van der Waals surface area contributed by atoms with E-state index in [1.54, 1.807) is 6.92 Å². The van der Waals surface area contributed by atoms with E-state index in [1.165, 1.54) is 6.42 Å². The van der Waals surface area contributed by atoms with Crippen LogP contribution in [0, 0.1) is 6.92 Å². The molecule has 6 nitrogen and oxygen atoms in total. The summed E-state index contributed by atoms with van der Waals surface area (Å²) in [5.41, 5.74) is 0.637. The lowest BCUT2D eigenvalue weighted by atomic mass is 9.96. The molecule has 0 bridgehead atoms. The minimum Gasteiger partial charge on any atom is -0.390 e. The molecule has 0 unspecified atom stereocenters. The van der Waals surface area contributed by atoms with Gasteiger partial charge in [-0.3, -0.25) is 5.10 Å². The molecule has 102 valence electrons. The second-order valence-electron chi connectivity index (χ2n) is 4.74. The van der Waals surface area contributed by atoms with Crippen molar-refractivity contribution in [2.45, 2.75) is 56.6 Å². The van der Waals surface area contributed by atoms with E-state index >= 15 is 0 Å². The summed E-state index contributed by atoms with van der Waals surface area (Å²) in [7, 11) is -3.59. The number of rotatable bonds is 4. The first kappa shape index (κ1) is 13.5. The second-order valence-corrected chi connectivity index (χ2v) is 6.39. The Balaban J connectivity index is 2.21. The molecule has 0 amide bonds. The van der Waals surface area contributed by atoms with Crippen LogP contribution in [0.3, 0.4) is 0 Å². The normalized spacial score (nSPS) is 18.1. The Morgan fingerprint density at radius 3 is 2.67 bits per heavy atom. The van der Waals surface area contributed by atoms with Crippen molar-refractivity contribution in [1.82, 2.24) is 14.9 Å². The third-order valence-corrected chi connectivity index (χ3v) is 5.03. The van der Waals surface area contributed by atoms with Crippen molar-refractivity contribution in [2.75, 3.05) is 0 Å². The van der Waals surface area contributed by atoms with Gasteiger partial charge in [-0.1, -0.05) is 19.3 Å². The van der Waals surface area contributed by atoms with Crippen LogP contribution in [0.4, 0.5) is 0 Å². The van der Waals surface area contributed by atoms with Gasteiger partial charge in [0.25, 0.3) is 0 Å². The molecule has 7 heteroatoms. The van der Waals surface area contributed by atoms with Crippen LogP contribution in [0.5, 0.6) is 0 Å². The number of aliphatic hydroxyl groups is 1. The summed E-state index contributed by atoms with van der Waals surface area (Å²) in [5, 5.41) is 15.5. The first-order valence-electron chi connectivity index (χ1n) is 6.21. The molecule has 0 aromatic carbocycles. The lowest BCUT2D eigenvalue weighted by molar-refractivity contribution is 0.273. The molecule has 0 aliphatic heterocycles. The number of H-pyrrole nitrogens is 1. The Labute approximate surface area is 107 Å². The van der Waals surface area contributed by atoms with Crippen LogP contribution in [0.2, 0.25) is 0 Å². The van der Waals surface area contributed by atoms with Crippen molar-refractivity contribution in [2.24, 2.45) is 0 Å². The van der Waals surface area contributed by atoms with Gasteiger partial charge in [0.1, 0.15) is 10.6 Å².